The van der Waals surface area contributed by atoms with Crippen LogP contribution in [0.15, 0.2) is 47.7 Å². The molecule has 1 atom stereocenters. The second-order valence-electron chi connectivity index (χ2n) is 6.33. The van der Waals surface area contributed by atoms with E-state index >= 15 is 0 Å². The van der Waals surface area contributed by atoms with Gasteiger partial charge >= 0.3 is 5.69 Å². The first-order valence-electron chi connectivity index (χ1n) is 8.47. The molecule has 0 bridgehead atoms. The van der Waals surface area contributed by atoms with Crippen molar-refractivity contribution in [1.29, 1.82) is 0 Å². The predicted molar refractivity (Wildman–Crippen MR) is 94.9 cm³/mol. The van der Waals surface area contributed by atoms with E-state index in [0.29, 0.717) is 36.4 Å². The fraction of sp³-hybridized carbons (Fsp3) is 0.333. The lowest BCUT2D eigenvalue weighted by Crippen LogP contribution is -2.34. The molecule has 26 heavy (non-hydrogen) atoms. The monoisotopic (exact) mass is 353 g/mol. The highest BCUT2D eigenvalue weighted by Gasteiger charge is 2.30. The van der Waals surface area contributed by atoms with E-state index in [-0.39, 0.29) is 24.2 Å². The van der Waals surface area contributed by atoms with E-state index in [1.54, 1.807) is 27.3 Å². The fourth-order valence-corrected chi connectivity index (χ4v) is 3.35. The number of benzene rings is 1. The van der Waals surface area contributed by atoms with E-state index in [1.807, 2.05) is 30.3 Å². The summed E-state index contributed by atoms with van der Waals surface area (Å²) in [5.74, 6) is 0.581. The van der Waals surface area contributed by atoms with Crippen LogP contribution in [0.3, 0.4) is 0 Å². The molecule has 0 N–H and O–H groups in total. The number of carbonyl (C=O) groups is 1. The van der Waals surface area contributed by atoms with Crippen LogP contribution in [0.1, 0.15) is 12.5 Å². The second kappa shape index (κ2) is 6.62. The minimum absolute atomic E-state index is 0.0106. The molecule has 1 amide bonds. The maximum atomic E-state index is 12.6. The lowest BCUT2D eigenvalue weighted by molar-refractivity contribution is -0.132. The van der Waals surface area contributed by atoms with Gasteiger partial charge in [0.2, 0.25) is 0 Å². The number of nitrogens with zero attached hydrogens (tertiary/aromatic N) is 5. The van der Waals surface area contributed by atoms with Gasteiger partial charge in [-0.25, -0.2) is 14.8 Å². The summed E-state index contributed by atoms with van der Waals surface area (Å²) in [6, 6.07) is 9.15. The third-order valence-corrected chi connectivity index (χ3v) is 4.74. The first kappa shape index (κ1) is 16.3. The molecular weight excluding hydrogens is 334 g/mol. The molecule has 1 saturated heterocycles. The Labute approximate surface area is 149 Å². The number of hydrogen-bond acceptors (Lipinski definition) is 5. The quantitative estimate of drug-likeness (QED) is 0.698. The highest BCUT2D eigenvalue weighted by molar-refractivity contribution is 5.78. The van der Waals surface area contributed by atoms with Gasteiger partial charge in [-0.2, -0.15) is 0 Å². The van der Waals surface area contributed by atoms with Crippen LogP contribution in [0, 0.1) is 0 Å². The summed E-state index contributed by atoms with van der Waals surface area (Å²) in [4.78, 5) is 35.0. The van der Waals surface area contributed by atoms with Gasteiger partial charge in [-0.1, -0.05) is 18.2 Å². The summed E-state index contributed by atoms with van der Waals surface area (Å²) in [5.41, 5.74) is 1.15. The first-order valence-corrected chi connectivity index (χ1v) is 8.47. The van der Waals surface area contributed by atoms with Gasteiger partial charge in [0.25, 0.3) is 5.91 Å². The number of imidazole rings is 1. The lowest BCUT2D eigenvalue weighted by atomic mass is 10.2. The van der Waals surface area contributed by atoms with Gasteiger partial charge in [0.1, 0.15) is 17.6 Å². The van der Waals surface area contributed by atoms with E-state index in [2.05, 4.69) is 9.97 Å². The lowest BCUT2D eigenvalue weighted by Gasteiger charge is -2.17. The zero-order chi connectivity index (χ0) is 18.1. The van der Waals surface area contributed by atoms with Crippen molar-refractivity contribution in [2.45, 2.75) is 12.5 Å². The topological polar surface area (TPSA) is 82.2 Å². The number of aromatic nitrogens is 4. The predicted octanol–water partition coefficient (Wildman–Crippen LogP) is 0.982. The molecule has 8 nitrogen and oxygen atoms in total. The van der Waals surface area contributed by atoms with Gasteiger partial charge in [-0.15, -0.1) is 0 Å². The van der Waals surface area contributed by atoms with Crippen molar-refractivity contribution in [3.63, 3.8) is 0 Å². The van der Waals surface area contributed by atoms with Crippen LogP contribution in [0.2, 0.25) is 0 Å². The summed E-state index contributed by atoms with van der Waals surface area (Å²) < 4.78 is 8.74. The number of rotatable bonds is 4. The average molecular weight is 353 g/mol. The van der Waals surface area contributed by atoms with Gasteiger partial charge in [0.15, 0.2) is 12.3 Å². The van der Waals surface area contributed by atoms with Gasteiger partial charge in [-0.05, 0) is 18.6 Å². The summed E-state index contributed by atoms with van der Waals surface area (Å²) in [7, 11) is 1.70. The van der Waals surface area contributed by atoms with Crippen LogP contribution < -0.4 is 10.4 Å². The highest BCUT2D eigenvalue weighted by atomic mass is 16.5. The number of likely N-dealkylation sites (tertiary alicyclic amines) is 1. The van der Waals surface area contributed by atoms with Crippen LogP contribution in [-0.2, 0) is 11.8 Å². The molecule has 4 rings (SSSR count). The molecule has 1 fully saturated rings. The molecule has 3 heterocycles. The van der Waals surface area contributed by atoms with Gasteiger partial charge in [0.05, 0.1) is 12.2 Å². The minimum Gasteiger partial charge on any atom is -0.484 e. The van der Waals surface area contributed by atoms with E-state index in [0.717, 1.165) is 0 Å². The Hall–Kier alpha value is -3.16. The number of aryl methyl sites for hydroxylation is 1. The van der Waals surface area contributed by atoms with Crippen LogP contribution in [0.25, 0.3) is 11.2 Å². The Kier molecular flexibility index (Phi) is 4.16. The largest absolute Gasteiger partial charge is 0.484 e. The van der Waals surface area contributed by atoms with Crippen molar-refractivity contribution in [2.75, 3.05) is 19.7 Å². The maximum absolute atomic E-state index is 12.6. The highest BCUT2D eigenvalue weighted by Crippen LogP contribution is 2.23. The van der Waals surface area contributed by atoms with Crippen LogP contribution >= 0.6 is 0 Å². The van der Waals surface area contributed by atoms with E-state index < -0.39 is 0 Å². The Bertz CT molecular complexity index is 995. The van der Waals surface area contributed by atoms with Crippen molar-refractivity contribution < 1.29 is 9.53 Å². The molecule has 8 heteroatoms. The number of ether oxygens (including phenoxy) is 1. The molecule has 0 unspecified atom stereocenters. The second-order valence-corrected chi connectivity index (χ2v) is 6.33. The Morgan fingerprint density at radius 3 is 2.92 bits per heavy atom. The maximum Gasteiger partial charge on any atom is 0.330 e. The number of hydrogen-bond donors (Lipinski definition) is 0. The van der Waals surface area contributed by atoms with Gasteiger partial charge < -0.3 is 9.64 Å². The Morgan fingerprint density at radius 2 is 2.12 bits per heavy atom. The number of fused-ring (bicyclic) bond motifs is 1. The van der Waals surface area contributed by atoms with Crippen molar-refractivity contribution >= 4 is 17.1 Å². The Balaban J connectivity index is 1.48. The van der Waals surface area contributed by atoms with Crippen molar-refractivity contribution in [1.82, 2.24) is 24.0 Å². The zero-order valence-electron chi connectivity index (χ0n) is 14.4. The number of para-hydroxylation sites is 1. The molecular formula is C18H19N5O3. The van der Waals surface area contributed by atoms with Crippen molar-refractivity contribution in [3.05, 3.63) is 53.3 Å². The fourth-order valence-electron chi connectivity index (χ4n) is 3.35. The summed E-state index contributed by atoms with van der Waals surface area (Å²) in [5, 5.41) is 0. The zero-order valence-corrected chi connectivity index (χ0v) is 14.4. The molecule has 0 saturated carbocycles. The summed E-state index contributed by atoms with van der Waals surface area (Å²) in [6.07, 6.45) is 3.77. The molecule has 134 valence electrons. The van der Waals surface area contributed by atoms with E-state index in [9.17, 15) is 9.59 Å². The number of amides is 1. The van der Waals surface area contributed by atoms with Crippen LogP contribution in [0.5, 0.6) is 5.75 Å². The van der Waals surface area contributed by atoms with E-state index in [1.165, 1.54) is 6.33 Å². The Morgan fingerprint density at radius 1 is 1.31 bits per heavy atom. The molecule has 1 aliphatic heterocycles. The third-order valence-electron chi connectivity index (χ3n) is 4.74. The molecule has 1 aromatic carbocycles. The molecule has 2 aromatic heterocycles. The minimum atomic E-state index is -0.139. The SMILES string of the molecule is Cn1c(=O)n([C@H]2CCN(C(=O)COc3ccccc3)C2)c2ncncc21. The van der Waals surface area contributed by atoms with Crippen molar-refractivity contribution in [2.24, 2.45) is 7.05 Å². The van der Waals surface area contributed by atoms with Crippen LogP contribution in [0.4, 0.5) is 0 Å². The van der Waals surface area contributed by atoms with Crippen molar-refractivity contribution in [3.8, 4) is 5.75 Å². The molecule has 1 aliphatic rings. The molecule has 3 aromatic rings. The molecule has 0 aliphatic carbocycles. The third kappa shape index (κ3) is 2.83. The van der Waals surface area contributed by atoms with Crippen LogP contribution in [-0.4, -0.2) is 49.6 Å². The van der Waals surface area contributed by atoms with Gasteiger partial charge in [-0.3, -0.25) is 13.9 Å². The average Bonchev–Trinajstić information content (AvgIpc) is 3.25. The summed E-state index contributed by atoms with van der Waals surface area (Å²) in [6.45, 7) is 1.05. The smallest absolute Gasteiger partial charge is 0.330 e. The number of carbonyl (C=O) groups excluding carboxylic acids is 1. The summed E-state index contributed by atoms with van der Waals surface area (Å²) >= 11 is 0. The molecule has 0 spiro atoms. The molecule has 0 radical (unpaired) electrons. The standard InChI is InChI=1S/C18H19N5O3/c1-21-15-9-19-12-20-17(15)23(18(21)25)13-7-8-22(10-13)16(24)11-26-14-5-3-2-4-6-14/h2-6,9,12-13H,7-8,10-11H2,1H3/t13-/m0/s1. The normalized spacial score (nSPS) is 17.0. The van der Waals surface area contributed by atoms with Gasteiger partial charge in [0, 0.05) is 20.1 Å². The first-order chi connectivity index (χ1) is 12.6. The van der Waals surface area contributed by atoms with E-state index in [4.69, 9.17) is 4.74 Å².